The summed E-state index contributed by atoms with van der Waals surface area (Å²) >= 11 is 1.81. The molecular formula is C12H14OS. The average Bonchev–Trinajstić information content (AvgIpc) is 2.16. The first-order valence-electron chi connectivity index (χ1n) is 4.91. The van der Waals surface area contributed by atoms with Gasteiger partial charge in [0, 0.05) is 21.6 Å². The maximum absolute atomic E-state index is 12.0. The molecule has 1 aliphatic heterocycles. The largest absolute Gasteiger partial charge is 0.294 e. The van der Waals surface area contributed by atoms with Crippen molar-refractivity contribution in [1.82, 2.24) is 0 Å². The Hall–Kier alpha value is -0.760. The molecule has 14 heavy (non-hydrogen) atoms. The number of fused-ring (bicyclic) bond motifs is 1. The monoisotopic (exact) mass is 206 g/mol. The number of carbonyl (C=O) groups is 1. The standard InChI is InChI=1S/C12H14OS/c1-7-4-5-11-10(6-7)12(13)8(2)9(3)14-11/h4-6,8-9H,1-3H3. The molecule has 0 saturated carbocycles. The van der Waals surface area contributed by atoms with Gasteiger partial charge in [-0.1, -0.05) is 25.5 Å². The number of rotatable bonds is 0. The van der Waals surface area contributed by atoms with Crippen molar-refractivity contribution in [2.24, 2.45) is 5.92 Å². The first-order chi connectivity index (χ1) is 6.59. The second-order valence-corrected chi connectivity index (χ2v) is 5.39. The van der Waals surface area contributed by atoms with Gasteiger partial charge < -0.3 is 0 Å². The molecular weight excluding hydrogens is 192 g/mol. The molecule has 2 rings (SSSR count). The fourth-order valence-corrected chi connectivity index (χ4v) is 2.86. The maximum atomic E-state index is 12.0. The topological polar surface area (TPSA) is 17.1 Å². The summed E-state index contributed by atoms with van der Waals surface area (Å²) in [5.74, 6) is 0.448. The van der Waals surface area contributed by atoms with E-state index in [1.54, 1.807) is 0 Å². The Morgan fingerprint density at radius 1 is 1.29 bits per heavy atom. The Labute approximate surface area is 88.9 Å². The molecule has 0 saturated heterocycles. The molecule has 0 amide bonds. The Morgan fingerprint density at radius 2 is 2.00 bits per heavy atom. The minimum atomic E-state index is 0.147. The molecule has 2 atom stereocenters. The van der Waals surface area contributed by atoms with Gasteiger partial charge in [-0.3, -0.25) is 4.79 Å². The van der Waals surface area contributed by atoms with Gasteiger partial charge in [0.15, 0.2) is 5.78 Å². The van der Waals surface area contributed by atoms with Crippen LogP contribution in [0.15, 0.2) is 23.1 Å². The summed E-state index contributed by atoms with van der Waals surface area (Å²) in [6.07, 6.45) is 0. The summed E-state index contributed by atoms with van der Waals surface area (Å²) in [5, 5.41) is 0.401. The number of carbonyl (C=O) groups excluding carboxylic acids is 1. The molecule has 0 fully saturated rings. The maximum Gasteiger partial charge on any atom is 0.167 e. The molecule has 1 aliphatic rings. The summed E-state index contributed by atoms with van der Waals surface area (Å²) < 4.78 is 0. The first kappa shape index (κ1) is 9.78. The zero-order valence-corrected chi connectivity index (χ0v) is 9.52. The van der Waals surface area contributed by atoms with E-state index >= 15 is 0 Å². The highest BCUT2D eigenvalue weighted by Crippen LogP contribution is 2.38. The Morgan fingerprint density at radius 3 is 2.71 bits per heavy atom. The van der Waals surface area contributed by atoms with Crippen LogP contribution in [0.5, 0.6) is 0 Å². The molecule has 0 N–H and O–H groups in total. The fourth-order valence-electron chi connectivity index (χ4n) is 1.70. The lowest BCUT2D eigenvalue weighted by molar-refractivity contribution is 0.0924. The van der Waals surface area contributed by atoms with Crippen molar-refractivity contribution < 1.29 is 4.79 Å². The van der Waals surface area contributed by atoms with Crippen molar-refractivity contribution in [3.63, 3.8) is 0 Å². The minimum Gasteiger partial charge on any atom is -0.294 e. The highest BCUT2D eigenvalue weighted by molar-refractivity contribution is 8.00. The first-order valence-corrected chi connectivity index (χ1v) is 5.79. The van der Waals surface area contributed by atoms with E-state index in [-0.39, 0.29) is 5.92 Å². The van der Waals surface area contributed by atoms with Gasteiger partial charge in [-0.15, -0.1) is 11.8 Å². The number of hydrogen-bond donors (Lipinski definition) is 0. The van der Waals surface area contributed by atoms with Crippen LogP contribution in [0.4, 0.5) is 0 Å². The molecule has 1 nitrogen and oxygen atoms in total. The highest BCUT2D eigenvalue weighted by Gasteiger charge is 2.29. The van der Waals surface area contributed by atoms with Gasteiger partial charge in [-0.25, -0.2) is 0 Å². The summed E-state index contributed by atoms with van der Waals surface area (Å²) in [6.45, 7) is 6.17. The molecule has 1 aromatic carbocycles. The van der Waals surface area contributed by atoms with Crippen molar-refractivity contribution in [3.05, 3.63) is 29.3 Å². The highest BCUT2D eigenvalue weighted by atomic mass is 32.2. The predicted molar refractivity (Wildman–Crippen MR) is 60.0 cm³/mol. The van der Waals surface area contributed by atoms with Crippen molar-refractivity contribution in [2.75, 3.05) is 0 Å². The van der Waals surface area contributed by atoms with E-state index in [4.69, 9.17) is 0 Å². The van der Waals surface area contributed by atoms with Crippen LogP contribution in [0, 0.1) is 12.8 Å². The lowest BCUT2D eigenvalue weighted by Gasteiger charge is -2.26. The third kappa shape index (κ3) is 1.48. The SMILES string of the molecule is Cc1ccc2c(c1)C(=O)C(C)C(C)S2. The van der Waals surface area contributed by atoms with Crippen molar-refractivity contribution in [3.8, 4) is 0 Å². The van der Waals surface area contributed by atoms with Crippen LogP contribution >= 0.6 is 11.8 Å². The molecule has 74 valence electrons. The quantitative estimate of drug-likeness (QED) is 0.648. The summed E-state index contributed by atoms with van der Waals surface area (Å²) in [4.78, 5) is 13.1. The van der Waals surface area contributed by atoms with Crippen molar-refractivity contribution in [2.45, 2.75) is 30.9 Å². The van der Waals surface area contributed by atoms with Crippen LogP contribution in [-0.2, 0) is 0 Å². The Bertz CT molecular complexity index is 384. The third-order valence-corrected chi connectivity index (χ3v) is 4.22. The fraction of sp³-hybridized carbons (Fsp3) is 0.417. The molecule has 0 spiro atoms. The van der Waals surface area contributed by atoms with Crippen LogP contribution in [0.2, 0.25) is 0 Å². The normalized spacial score (nSPS) is 26.1. The molecule has 0 aromatic heterocycles. The predicted octanol–water partition coefficient (Wildman–Crippen LogP) is 3.31. The number of benzene rings is 1. The minimum absolute atomic E-state index is 0.147. The smallest absolute Gasteiger partial charge is 0.167 e. The van der Waals surface area contributed by atoms with Crippen molar-refractivity contribution in [1.29, 1.82) is 0 Å². The van der Waals surface area contributed by atoms with Gasteiger partial charge in [0.1, 0.15) is 0 Å². The van der Waals surface area contributed by atoms with Gasteiger partial charge in [0.2, 0.25) is 0 Å². The van der Waals surface area contributed by atoms with Gasteiger partial charge in [-0.2, -0.15) is 0 Å². The average molecular weight is 206 g/mol. The lowest BCUT2D eigenvalue weighted by atomic mass is 9.95. The van der Waals surface area contributed by atoms with E-state index in [1.165, 1.54) is 5.56 Å². The number of thioether (sulfide) groups is 1. The molecule has 0 bridgehead atoms. The second-order valence-electron chi connectivity index (χ2n) is 3.98. The van der Waals surface area contributed by atoms with E-state index in [0.29, 0.717) is 11.0 Å². The molecule has 0 aliphatic carbocycles. The summed E-state index contributed by atoms with van der Waals surface area (Å²) in [5.41, 5.74) is 2.08. The lowest BCUT2D eigenvalue weighted by Crippen LogP contribution is -2.25. The van der Waals surface area contributed by atoms with Crippen LogP contribution < -0.4 is 0 Å². The number of ketones is 1. The summed E-state index contributed by atoms with van der Waals surface area (Å²) in [7, 11) is 0. The van der Waals surface area contributed by atoms with Crippen LogP contribution in [-0.4, -0.2) is 11.0 Å². The van der Waals surface area contributed by atoms with Crippen molar-refractivity contribution >= 4 is 17.5 Å². The molecule has 2 heteroatoms. The zero-order valence-electron chi connectivity index (χ0n) is 8.70. The molecule has 2 unspecified atom stereocenters. The Balaban J connectivity index is 2.51. The van der Waals surface area contributed by atoms with E-state index in [9.17, 15) is 4.79 Å². The zero-order chi connectivity index (χ0) is 10.3. The van der Waals surface area contributed by atoms with E-state index in [0.717, 1.165) is 10.5 Å². The van der Waals surface area contributed by atoms with Crippen LogP contribution in [0.3, 0.4) is 0 Å². The number of aryl methyl sites for hydroxylation is 1. The van der Waals surface area contributed by atoms with Gasteiger partial charge in [-0.05, 0) is 19.1 Å². The number of hydrogen-bond acceptors (Lipinski definition) is 2. The third-order valence-electron chi connectivity index (χ3n) is 2.83. The van der Waals surface area contributed by atoms with E-state index in [1.807, 2.05) is 31.7 Å². The van der Waals surface area contributed by atoms with Gasteiger partial charge >= 0.3 is 0 Å². The van der Waals surface area contributed by atoms with Crippen LogP contribution in [0.1, 0.15) is 29.8 Å². The van der Waals surface area contributed by atoms with E-state index in [2.05, 4.69) is 19.1 Å². The van der Waals surface area contributed by atoms with Gasteiger partial charge in [0.05, 0.1) is 0 Å². The van der Waals surface area contributed by atoms with E-state index < -0.39 is 0 Å². The summed E-state index contributed by atoms with van der Waals surface area (Å²) in [6, 6.07) is 6.14. The number of Topliss-reactive ketones (excluding diaryl/α,β-unsaturated/α-hetero) is 1. The molecule has 1 heterocycles. The Kier molecular flexibility index (Phi) is 2.40. The second kappa shape index (κ2) is 3.43. The molecule has 1 aromatic rings. The van der Waals surface area contributed by atoms with Crippen LogP contribution in [0.25, 0.3) is 0 Å². The molecule has 0 radical (unpaired) electrons. The van der Waals surface area contributed by atoms with Gasteiger partial charge in [0.25, 0.3) is 0 Å².